The molecule has 0 fully saturated rings. The van der Waals surface area contributed by atoms with Crippen molar-refractivity contribution in [3.63, 3.8) is 0 Å². The normalized spacial score (nSPS) is 11.3. The van der Waals surface area contributed by atoms with Crippen LogP contribution in [0.15, 0.2) is 48.5 Å². The molecule has 0 spiro atoms. The molecule has 0 N–H and O–H groups in total. The predicted molar refractivity (Wildman–Crippen MR) is 86.0 cm³/mol. The number of hydrogen-bond donors (Lipinski definition) is 0. The third-order valence-corrected chi connectivity index (χ3v) is 3.72. The summed E-state index contributed by atoms with van der Waals surface area (Å²) in [5, 5.41) is 1.13. The number of fused-ring (bicyclic) bond motifs is 1. The molecule has 3 rings (SSSR count). The van der Waals surface area contributed by atoms with Crippen molar-refractivity contribution in [2.45, 2.75) is 26.7 Å². The maximum atomic E-state index is 13.5. The van der Waals surface area contributed by atoms with Crippen LogP contribution in [0.25, 0.3) is 22.2 Å². The number of rotatable bonds is 2. The van der Waals surface area contributed by atoms with E-state index in [1.54, 1.807) is 12.1 Å². The van der Waals surface area contributed by atoms with E-state index < -0.39 is 0 Å². The monoisotopic (exact) mass is 279 g/mol. The largest absolute Gasteiger partial charge is 0.247 e. The van der Waals surface area contributed by atoms with Crippen molar-refractivity contribution in [1.29, 1.82) is 0 Å². The number of benzene rings is 2. The second kappa shape index (κ2) is 5.28. The molecule has 0 atom stereocenters. The Labute approximate surface area is 124 Å². The van der Waals surface area contributed by atoms with Crippen LogP contribution >= 0.6 is 0 Å². The molecule has 0 radical (unpaired) electrons. The van der Waals surface area contributed by atoms with Crippen molar-refractivity contribution in [3.8, 4) is 11.3 Å². The van der Waals surface area contributed by atoms with E-state index in [0.29, 0.717) is 5.92 Å². The summed E-state index contributed by atoms with van der Waals surface area (Å²) >= 11 is 0. The van der Waals surface area contributed by atoms with Gasteiger partial charge in [-0.25, -0.2) is 9.37 Å². The third kappa shape index (κ3) is 2.66. The van der Waals surface area contributed by atoms with Gasteiger partial charge >= 0.3 is 0 Å². The van der Waals surface area contributed by atoms with Gasteiger partial charge in [0.15, 0.2) is 0 Å². The molecule has 0 unspecified atom stereocenters. The average Bonchev–Trinajstić information content (AvgIpc) is 2.45. The van der Waals surface area contributed by atoms with Crippen LogP contribution in [0.1, 0.15) is 30.9 Å². The van der Waals surface area contributed by atoms with Gasteiger partial charge in [-0.3, -0.25) is 0 Å². The summed E-state index contributed by atoms with van der Waals surface area (Å²) in [5.74, 6) is 0.106. The summed E-state index contributed by atoms with van der Waals surface area (Å²) in [6.07, 6.45) is 0. The zero-order valence-electron chi connectivity index (χ0n) is 12.5. The lowest BCUT2D eigenvalue weighted by Crippen LogP contribution is -1.97. The Balaban J connectivity index is 2.30. The highest BCUT2D eigenvalue weighted by molar-refractivity contribution is 5.84. The maximum Gasteiger partial charge on any atom is 0.123 e. The fourth-order valence-corrected chi connectivity index (χ4v) is 2.60. The highest BCUT2D eigenvalue weighted by Gasteiger charge is 2.12. The molecule has 106 valence electrons. The molecule has 2 aromatic carbocycles. The van der Waals surface area contributed by atoms with Gasteiger partial charge in [0.25, 0.3) is 0 Å². The SMILES string of the molecule is Cc1ccc2cc(C(C)C)c(-c3cccc(F)c3)nc2c1. The van der Waals surface area contributed by atoms with Crippen molar-refractivity contribution in [3.05, 3.63) is 65.5 Å². The van der Waals surface area contributed by atoms with Gasteiger partial charge in [0.1, 0.15) is 5.82 Å². The smallest absolute Gasteiger partial charge is 0.123 e. The highest BCUT2D eigenvalue weighted by Crippen LogP contribution is 2.31. The van der Waals surface area contributed by atoms with Crippen LogP contribution in [-0.4, -0.2) is 4.98 Å². The lowest BCUT2D eigenvalue weighted by molar-refractivity contribution is 0.628. The predicted octanol–water partition coefficient (Wildman–Crippen LogP) is 5.47. The van der Waals surface area contributed by atoms with Gasteiger partial charge in [0.2, 0.25) is 0 Å². The lowest BCUT2D eigenvalue weighted by atomic mass is 9.95. The first-order chi connectivity index (χ1) is 10.0. The van der Waals surface area contributed by atoms with Crippen LogP contribution < -0.4 is 0 Å². The number of hydrogen-bond acceptors (Lipinski definition) is 1. The Morgan fingerprint density at radius 2 is 1.81 bits per heavy atom. The minimum atomic E-state index is -0.228. The molecule has 0 saturated heterocycles. The second-order valence-corrected chi connectivity index (χ2v) is 5.79. The summed E-state index contributed by atoms with van der Waals surface area (Å²) in [6, 6.07) is 15.1. The zero-order chi connectivity index (χ0) is 15.0. The van der Waals surface area contributed by atoms with Gasteiger partial charge in [-0.05, 0) is 48.2 Å². The summed E-state index contributed by atoms with van der Waals surface area (Å²) in [4.78, 5) is 4.80. The molecule has 0 saturated carbocycles. The molecule has 0 amide bonds. The number of aromatic nitrogens is 1. The van der Waals surface area contributed by atoms with Gasteiger partial charge < -0.3 is 0 Å². The molecular formula is C19H18FN. The summed E-state index contributed by atoms with van der Waals surface area (Å²) in [5.41, 5.74) is 5.00. The van der Waals surface area contributed by atoms with Crippen LogP contribution in [0, 0.1) is 12.7 Å². The van der Waals surface area contributed by atoms with E-state index in [9.17, 15) is 4.39 Å². The minimum Gasteiger partial charge on any atom is -0.247 e. The Morgan fingerprint density at radius 3 is 2.52 bits per heavy atom. The summed E-state index contributed by atoms with van der Waals surface area (Å²) < 4.78 is 13.5. The Hall–Kier alpha value is -2.22. The molecule has 0 aliphatic rings. The van der Waals surface area contributed by atoms with E-state index in [4.69, 9.17) is 4.98 Å². The van der Waals surface area contributed by atoms with Crippen LogP contribution in [0.2, 0.25) is 0 Å². The summed E-state index contributed by atoms with van der Waals surface area (Å²) in [7, 11) is 0. The van der Waals surface area contributed by atoms with Crippen molar-refractivity contribution in [2.24, 2.45) is 0 Å². The molecule has 3 aromatic rings. The van der Waals surface area contributed by atoms with Crippen LogP contribution in [0.3, 0.4) is 0 Å². The van der Waals surface area contributed by atoms with E-state index in [0.717, 1.165) is 27.7 Å². The Morgan fingerprint density at radius 1 is 1.00 bits per heavy atom. The van der Waals surface area contributed by atoms with Crippen molar-refractivity contribution < 1.29 is 4.39 Å². The third-order valence-electron chi connectivity index (χ3n) is 3.72. The van der Waals surface area contributed by atoms with E-state index in [-0.39, 0.29) is 5.82 Å². The molecule has 2 heteroatoms. The second-order valence-electron chi connectivity index (χ2n) is 5.79. The van der Waals surface area contributed by atoms with Gasteiger partial charge in [0, 0.05) is 10.9 Å². The fourth-order valence-electron chi connectivity index (χ4n) is 2.60. The molecular weight excluding hydrogens is 261 g/mol. The average molecular weight is 279 g/mol. The van der Waals surface area contributed by atoms with E-state index in [1.807, 2.05) is 6.07 Å². The molecule has 1 aromatic heterocycles. The Kier molecular flexibility index (Phi) is 3.46. The van der Waals surface area contributed by atoms with Crippen LogP contribution in [0.5, 0.6) is 0 Å². The first-order valence-corrected chi connectivity index (χ1v) is 7.22. The fraction of sp³-hybridized carbons (Fsp3) is 0.211. The first-order valence-electron chi connectivity index (χ1n) is 7.22. The molecule has 1 nitrogen and oxygen atoms in total. The van der Waals surface area contributed by atoms with Gasteiger partial charge in [-0.2, -0.15) is 0 Å². The number of pyridine rings is 1. The molecule has 0 aliphatic carbocycles. The molecule has 0 aliphatic heterocycles. The number of aryl methyl sites for hydroxylation is 1. The number of halogens is 1. The molecule has 21 heavy (non-hydrogen) atoms. The molecule has 1 heterocycles. The van der Waals surface area contributed by atoms with Crippen molar-refractivity contribution in [1.82, 2.24) is 4.98 Å². The topological polar surface area (TPSA) is 12.9 Å². The first kappa shape index (κ1) is 13.7. The van der Waals surface area contributed by atoms with Gasteiger partial charge in [0.05, 0.1) is 11.2 Å². The minimum absolute atomic E-state index is 0.228. The maximum absolute atomic E-state index is 13.5. The standard InChI is InChI=1S/C19H18FN/c1-12(2)17-11-14-8-7-13(3)9-18(14)21-19(17)15-5-4-6-16(20)10-15/h4-12H,1-3H3. The summed E-state index contributed by atoms with van der Waals surface area (Å²) in [6.45, 7) is 6.33. The van der Waals surface area contributed by atoms with E-state index in [2.05, 4.69) is 45.0 Å². The van der Waals surface area contributed by atoms with Crippen molar-refractivity contribution >= 4 is 10.9 Å². The van der Waals surface area contributed by atoms with Gasteiger partial charge in [-0.15, -0.1) is 0 Å². The number of nitrogens with zero attached hydrogens (tertiary/aromatic N) is 1. The zero-order valence-corrected chi connectivity index (χ0v) is 12.5. The Bertz CT molecular complexity index is 806. The van der Waals surface area contributed by atoms with E-state index in [1.165, 1.54) is 11.6 Å². The highest BCUT2D eigenvalue weighted by atomic mass is 19.1. The van der Waals surface area contributed by atoms with Crippen LogP contribution in [0.4, 0.5) is 4.39 Å². The van der Waals surface area contributed by atoms with Gasteiger partial charge in [-0.1, -0.05) is 38.1 Å². The van der Waals surface area contributed by atoms with Crippen molar-refractivity contribution in [2.75, 3.05) is 0 Å². The van der Waals surface area contributed by atoms with Crippen LogP contribution in [-0.2, 0) is 0 Å². The molecule has 0 bridgehead atoms. The van der Waals surface area contributed by atoms with E-state index >= 15 is 0 Å². The lowest BCUT2D eigenvalue weighted by Gasteiger charge is -2.14. The quantitative estimate of drug-likeness (QED) is 0.606.